The molecule has 0 aliphatic heterocycles. The molecule has 0 saturated heterocycles. The first kappa shape index (κ1) is 16.2. The lowest BCUT2D eigenvalue weighted by Crippen LogP contribution is -2.39. The Morgan fingerprint density at radius 3 is 2.50 bits per heavy atom. The van der Waals surface area contributed by atoms with Crippen LogP contribution < -0.4 is 0 Å². The molecule has 4 nitrogen and oxygen atoms in total. The highest BCUT2D eigenvalue weighted by molar-refractivity contribution is 5.87. The summed E-state index contributed by atoms with van der Waals surface area (Å²) in [6.45, 7) is 0.0526. The first-order valence-corrected chi connectivity index (χ1v) is 8.27. The maximum Gasteiger partial charge on any atom is 0.323 e. The van der Waals surface area contributed by atoms with Crippen molar-refractivity contribution >= 4 is 11.9 Å². The van der Waals surface area contributed by atoms with E-state index < -0.39 is 5.97 Å². The second kappa shape index (κ2) is 7.30. The summed E-state index contributed by atoms with van der Waals surface area (Å²) in [6.07, 6.45) is 2.72. The molecule has 2 aromatic carbocycles. The number of amides is 1. The fourth-order valence-electron chi connectivity index (χ4n) is 3.41. The van der Waals surface area contributed by atoms with Crippen LogP contribution in [-0.2, 0) is 22.6 Å². The molecule has 1 N–H and O–H groups in total. The summed E-state index contributed by atoms with van der Waals surface area (Å²) in [6, 6.07) is 17.5. The van der Waals surface area contributed by atoms with E-state index in [1.165, 1.54) is 10.5 Å². The average Bonchev–Trinajstić information content (AvgIpc) is 2.60. The van der Waals surface area contributed by atoms with E-state index in [1.807, 2.05) is 48.5 Å². The Morgan fingerprint density at radius 1 is 1.04 bits per heavy atom. The monoisotopic (exact) mass is 323 g/mol. The number of carboxylic acids is 1. The predicted molar refractivity (Wildman–Crippen MR) is 91.6 cm³/mol. The Bertz CT molecular complexity index is 727. The van der Waals surface area contributed by atoms with Crippen LogP contribution in [0.5, 0.6) is 0 Å². The van der Waals surface area contributed by atoms with Crippen molar-refractivity contribution in [1.82, 2.24) is 4.90 Å². The molecule has 4 heteroatoms. The van der Waals surface area contributed by atoms with E-state index in [-0.39, 0.29) is 18.4 Å². The molecule has 124 valence electrons. The number of fused-ring (bicyclic) bond motifs is 1. The molecule has 3 rings (SSSR count). The van der Waals surface area contributed by atoms with E-state index >= 15 is 0 Å². The number of aliphatic carboxylic acids is 1. The molecule has 0 spiro atoms. The van der Waals surface area contributed by atoms with Gasteiger partial charge in [0.2, 0.25) is 5.91 Å². The van der Waals surface area contributed by atoms with Gasteiger partial charge in [0.05, 0.1) is 5.92 Å². The van der Waals surface area contributed by atoms with E-state index in [0.717, 1.165) is 30.4 Å². The minimum absolute atomic E-state index is 0.0894. The van der Waals surface area contributed by atoms with Gasteiger partial charge in [0.15, 0.2) is 0 Å². The Balaban J connectivity index is 1.85. The molecule has 0 radical (unpaired) electrons. The number of rotatable bonds is 5. The zero-order valence-corrected chi connectivity index (χ0v) is 13.5. The molecular weight excluding hydrogens is 302 g/mol. The van der Waals surface area contributed by atoms with Gasteiger partial charge in [0, 0.05) is 6.54 Å². The van der Waals surface area contributed by atoms with Crippen molar-refractivity contribution in [2.75, 3.05) is 6.54 Å². The van der Waals surface area contributed by atoms with Gasteiger partial charge in [-0.2, -0.15) is 0 Å². The van der Waals surface area contributed by atoms with Gasteiger partial charge in [-0.25, -0.2) is 0 Å². The lowest BCUT2D eigenvalue weighted by Gasteiger charge is -2.30. The molecule has 0 heterocycles. The normalized spacial score (nSPS) is 16.2. The summed E-state index contributed by atoms with van der Waals surface area (Å²) in [7, 11) is 0. The Kier molecular flexibility index (Phi) is 4.94. The Labute approximate surface area is 141 Å². The number of hydrogen-bond acceptors (Lipinski definition) is 2. The molecule has 24 heavy (non-hydrogen) atoms. The number of hydrogen-bond donors (Lipinski definition) is 1. The lowest BCUT2D eigenvalue weighted by atomic mass is 9.82. The van der Waals surface area contributed by atoms with Gasteiger partial charge in [-0.3, -0.25) is 9.59 Å². The van der Waals surface area contributed by atoms with Crippen molar-refractivity contribution in [3.8, 4) is 0 Å². The molecule has 0 saturated carbocycles. The fraction of sp³-hybridized carbons (Fsp3) is 0.300. The number of carbonyl (C=O) groups is 2. The summed E-state index contributed by atoms with van der Waals surface area (Å²) < 4.78 is 0. The minimum atomic E-state index is -0.983. The zero-order valence-electron chi connectivity index (χ0n) is 13.5. The first-order valence-electron chi connectivity index (χ1n) is 8.27. The average molecular weight is 323 g/mol. The third-order valence-corrected chi connectivity index (χ3v) is 4.52. The summed E-state index contributed by atoms with van der Waals surface area (Å²) in [4.78, 5) is 25.8. The molecule has 1 amide bonds. The Morgan fingerprint density at radius 2 is 1.75 bits per heavy atom. The Hall–Kier alpha value is -2.62. The van der Waals surface area contributed by atoms with E-state index in [4.69, 9.17) is 0 Å². The summed E-state index contributed by atoms with van der Waals surface area (Å²) in [5.41, 5.74) is 3.20. The van der Waals surface area contributed by atoms with Crippen molar-refractivity contribution in [1.29, 1.82) is 0 Å². The first-order chi connectivity index (χ1) is 11.6. The van der Waals surface area contributed by atoms with E-state index in [9.17, 15) is 14.7 Å². The third kappa shape index (κ3) is 3.65. The highest BCUT2D eigenvalue weighted by atomic mass is 16.4. The van der Waals surface area contributed by atoms with Crippen LogP contribution in [0, 0.1) is 0 Å². The molecule has 1 aliphatic carbocycles. The maximum atomic E-state index is 13.1. The molecule has 0 bridgehead atoms. The van der Waals surface area contributed by atoms with Gasteiger partial charge in [0.25, 0.3) is 0 Å². The quantitative estimate of drug-likeness (QED) is 0.919. The van der Waals surface area contributed by atoms with Gasteiger partial charge >= 0.3 is 5.97 Å². The van der Waals surface area contributed by atoms with Crippen LogP contribution in [0.15, 0.2) is 54.6 Å². The van der Waals surface area contributed by atoms with Crippen LogP contribution in [0.4, 0.5) is 0 Å². The van der Waals surface area contributed by atoms with Gasteiger partial charge in [-0.05, 0) is 36.0 Å². The molecule has 2 aromatic rings. The second-order valence-corrected chi connectivity index (χ2v) is 6.22. The van der Waals surface area contributed by atoms with Gasteiger partial charge in [-0.1, -0.05) is 54.6 Å². The van der Waals surface area contributed by atoms with Gasteiger partial charge in [0.1, 0.15) is 6.54 Å². The summed E-state index contributed by atoms with van der Waals surface area (Å²) in [5, 5.41) is 9.21. The van der Waals surface area contributed by atoms with Crippen molar-refractivity contribution in [3.05, 3.63) is 71.3 Å². The third-order valence-electron chi connectivity index (χ3n) is 4.52. The molecular formula is C20H21NO3. The largest absolute Gasteiger partial charge is 0.480 e. The lowest BCUT2D eigenvalue weighted by molar-refractivity contribution is -0.145. The molecule has 1 aliphatic rings. The van der Waals surface area contributed by atoms with Crippen LogP contribution in [0.3, 0.4) is 0 Å². The SMILES string of the molecule is O=C(O)CN(Cc1ccccc1)C(=O)C1CCCc2ccccc21. The number of benzene rings is 2. The van der Waals surface area contributed by atoms with Crippen molar-refractivity contribution in [3.63, 3.8) is 0 Å². The highest BCUT2D eigenvalue weighted by Gasteiger charge is 2.30. The second-order valence-electron chi connectivity index (χ2n) is 6.22. The smallest absolute Gasteiger partial charge is 0.323 e. The van der Waals surface area contributed by atoms with Gasteiger partial charge < -0.3 is 10.0 Å². The topological polar surface area (TPSA) is 57.6 Å². The van der Waals surface area contributed by atoms with Crippen LogP contribution in [0.1, 0.15) is 35.4 Å². The number of carbonyl (C=O) groups excluding carboxylic acids is 1. The summed E-state index contributed by atoms with van der Waals surface area (Å²) >= 11 is 0. The number of aryl methyl sites for hydroxylation is 1. The van der Waals surface area contributed by atoms with Crippen molar-refractivity contribution in [2.45, 2.75) is 31.7 Å². The van der Waals surface area contributed by atoms with Crippen LogP contribution in [0.2, 0.25) is 0 Å². The fourth-order valence-corrected chi connectivity index (χ4v) is 3.41. The van der Waals surface area contributed by atoms with Crippen LogP contribution in [-0.4, -0.2) is 28.4 Å². The zero-order chi connectivity index (χ0) is 16.9. The predicted octanol–water partition coefficient (Wildman–Crippen LogP) is 3.22. The van der Waals surface area contributed by atoms with Crippen LogP contribution >= 0.6 is 0 Å². The van der Waals surface area contributed by atoms with Crippen molar-refractivity contribution in [2.24, 2.45) is 0 Å². The molecule has 0 aromatic heterocycles. The molecule has 1 atom stereocenters. The summed E-state index contributed by atoms with van der Waals surface area (Å²) in [5.74, 6) is -1.31. The number of nitrogens with zero attached hydrogens (tertiary/aromatic N) is 1. The number of carboxylic acid groups (broad SMARTS) is 1. The maximum absolute atomic E-state index is 13.1. The van der Waals surface area contributed by atoms with E-state index in [2.05, 4.69) is 6.07 Å². The van der Waals surface area contributed by atoms with E-state index in [1.54, 1.807) is 0 Å². The van der Waals surface area contributed by atoms with Gasteiger partial charge in [-0.15, -0.1) is 0 Å². The van der Waals surface area contributed by atoms with Crippen LogP contribution in [0.25, 0.3) is 0 Å². The van der Waals surface area contributed by atoms with Crippen molar-refractivity contribution < 1.29 is 14.7 Å². The molecule has 0 fully saturated rings. The minimum Gasteiger partial charge on any atom is -0.480 e. The van der Waals surface area contributed by atoms with E-state index in [0.29, 0.717) is 6.54 Å². The standard InChI is InChI=1S/C20H21NO3/c22-19(23)14-21(13-15-7-2-1-3-8-15)20(24)18-12-6-10-16-9-4-5-11-17(16)18/h1-5,7-9,11,18H,6,10,12-14H2,(H,22,23). The molecule has 1 unspecified atom stereocenters. The highest BCUT2D eigenvalue weighted by Crippen LogP contribution is 2.33.